The number of aromatic amines is 1. The normalized spacial score (nSPS) is 11.1. The molecule has 0 aromatic carbocycles. The van der Waals surface area contributed by atoms with Gasteiger partial charge in [0.05, 0.1) is 0 Å². The second-order valence-electron chi connectivity index (χ2n) is 2.70. The van der Waals surface area contributed by atoms with Crippen molar-refractivity contribution >= 4 is 12.4 Å². The third-order valence-corrected chi connectivity index (χ3v) is 1.33. The highest BCUT2D eigenvalue weighted by Gasteiger charge is 2.00. The molecule has 1 aromatic heterocycles. The van der Waals surface area contributed by atoms with Crippen molar-refractivity contribution in [2.75, 3.05) is 0 Å². The number of aromatic nitrogens is 4. The summed E-state index contributed by atoms with van der Waals surface area (Å²) in [6.07, 6.45) is 3.73. The molecular weight excluding hydrogens is 166 g/mol. The fraction of sp³-hybridized carbons (Fsp3) is 0.250. The van der Waals surface area contributed by atoms with E-state index < -0.39 is 0 Å². The maximum Gasteiger partial charge on any atom is 0.198 e. The van der Waals surface area contributed by atoms with Crippen LogP contribution in [0.15, 0.2) is 22.7 Å². The molecule has 0 amide bonds. The zero-order valence-corrected chi connectivity index (χ0v) is 7.65. The average Bonchev–Trinajstić information content (AvgIpc) is 2.58. The molecule has 1 heterocycles. The van der Waals surface area contributed by atoms with Crippen molar-refractivity contribution in [3.63, 3.8) is 0 Å². The van der Waals surface area contributed by atoms with Crippen LogP contribution in [0, 0.1) is 0 Å². The quantitative estimate of drug-likeness (QED) is 0.557. The van der Waals surface area contributed by atoms with Crippen LogP contribution in [0.2, 0.25) is 0 Å². The monoisotopic (exact) mass is 177 g/mol. The summed E-state index contributed by atoms with van der Waals surface area (Å²) in [5.41, 5.74) is 1.81. The van der Waals surface area contributed by atoms with Crippen LogP contribution in [0.3, 0.4) is 0 Å². The molecule has 0 bridgehead atoms. The Hall–Kier alpha value is -1.78. The number of hydrogen-bond acceptors (Lipinski definition) is 4. The molecule has 0 spiro atoms. The van der Waals surface area contributed by atoms with Crippen LogP contribution in [-0.2, 0) is 0 Å². The Labute approximate surface area is 76.3 Å². The lowest BCUT2D eigenvalue weighted by Crippen LogP contribution is -1.83. The number of H-pyrrole nitrogens is 1. The second kappa shape index (κ2) is 4.30. The number of aliphatic imine (C=N–C) groups is 1. The van der Waals surface area contributed by atoms with E-state index in [1.54, 1.807) is 0 Å². The molecule has 1 rings (SSSR count). The molecule has 0 saturated carbocycles. The molecule has 13 heavy (non-hydrogen) atoms. The van der Waals surface area contributed by atoms with Crippen molar-refractivity contribution in [2.24, 2.45) is 4.99 Å². The molecule has 1 N–H and O–H groups in total. The molecular formula is C8H11N5. The smallest absolute Gasteiger partial charge is 0.198 e. The number of tetrazole rings is 1. The molecule has 0 unspecified atom stereocenters. The lowest BCUT2D eigenvalue weighted by atomic mass is 10.3. The Bertz CT molecular complexity index is 329. The van der Waals surface area contributed by atoms with Gasteiger partial charge in [-0.3, -0.25) is 4.99 Å². The molecule has 0 aliphatic rings. The number of nitrogens with one attached hydrogen (secondary N) is 1. The Balaban J connectivity index is 2.92. The van der Waals surface area contributed by atoms with Gasteiger partial charge in [-0.05, 0) is 37.1 Å². The molecule has 0 radical (unpaired) electrons. The van der Waals surface area contributed by atoms with E-state index in [1.165, 1.54) is 5.57 Å². The largest absolute Gasteiger partial charge is 0.261 e. The van der Waals surface area contributed by atoms with E-state index in [-0.39, 0.29) is 0 Å². The summed E-state index contributed by atoms with van der Waals surface area (Å²) >= 11 is 0. The number of nitrogens with zero attached hydrogens (tertiary/aromatic N) is 4. The van der Waals surface area contributed by atoms with Crippen LogP contribution in [-0.4, -0.2) is 27.3 Å². The van der Waals surface area contributed by atoms with Gasteiger partial charge in [0.25, 0.3) is 0 Å². The van der Waals surface area contributed by atoms with Crippen LogP contribution < -0.4 is 0 Å². The van der Waals surface area contributed by atoms with E-state index in [4.69, 9.17) is 0 Å². The average molecular weight is 177 g/mol. The van der Waals surface area contributed by atoms with E-state index in [0.29, 0.717) is 11.5 Å². The van der Waals surface area contributed by atoms with Crippen molar-refractivity contribution < 1.29 is 0 Å². The van der Waals surface area contributed by atoms with Crippen LogP contribution in [0.4, 0.5) is 0 Å². The summed E-state index contributed by atoms with van der Waals surface area (Å²) in [6, 6.07) is 0. The van der Waals surface area contributed by atoms with Gasteiger partial charge in [0.2, 0.25) is 0 Å². The summed E-state index contributed by atoms with van der Waals surface area (Å²) in [5.74, 6) is 0.521. The molecule has 68 valence electrons. The zero-order valence-electron chi connectivity index (χ0n) is 7.65. The maximum atomic E-state index is 3.80. The first-order valence-electron chi connectivity index (χ1n) is 3.80. The summed E-state index contributed by atoms with van der Waals surface area (Å²) in [4.78, 5) is 3.80. The number of rotatable bonds is 3. The Morgan fingerprint density at radius 3 is 2.69 bits per heavy atom. The van der Waals surface area contributed by atoms with Crippen molar-refractivity contribution in [1.29, 1.82) is 0 Å². The Morgan fingerprint density at radius 2 is 2.23 bits per heavy atom. The van der Waals surface area contributed by atoms with E-state index in [0.717, 1.165) is 0 Å². The molecule has 0 aliphatic heterocycles. The second-order valence-corrected chi connectivity index (χ2v) is 2.70. The number of hydrogen-bond donors (Lipinski definition) is 1. The van der Waals surface area contributed by atoms with Crippen molar-refractivity contribution in [3.8, 4) is 0 Å². The highest BCUT2D eigenvalue weighted by Crippen LogP contribution is 2.08. The molecule has 0 fully saturated rings. The fourth-order valence-corrected chi connectivity index (χ4v) is 0.720. The highest BCUT2D eigenvalue weighted by atomic mass is 15.5. The van der Waals surface area contributed by atoms with Gasteiger partial charge in [-0.1, -0.05) is 11.6 Å². The van der Waals surface area contributed by atoms with Crippen LogP contribution in [0.1, 0.15) is 19.7 Å². The Kier molecular flexibility index (Phi) is 3.08. The first-order chi connectivity index (χ1) is 6.24. The van der Waals surface area contributed by atoms with Crippen LogP contribution in [0.25, 0.3) is 5.70 Å². The summed E-state index contributed by atoms with van der Waals surface area (Å²) in [5, 5.41) is 13.2. The highest BCUT2D eigenvalue weighted by molar-refractivity contribution is 5.63. The topological polar surface area (TPSA) is 66.8 Å². The van der Waals surface area contributed by atoms with Gasteiger partial charge in [0.1, 0.15) is 5.70 Å². The summed E-state index contributed by atoms with van der Waals surface area (Å²) in [6.45, 7) is 7.42. The SMILES string of the molecule is C=N/C(=C\C=C(C)C)c1nnn[nH]1. The van der Waals surface area contributed by atoms with Gasteiger partial charge in [-0.25, -0.2) is 5.10 Å². The van der Waals surface area contributed by atoms with E-state index in [2.05, 4.69) is 32.3 Å². The minimum absolute atomic E-state index is 0.521. The van der Waals surface area contributed by atoms with E-state index in [1.807, 2.05) is 26.0 Å². The summed E-state index contributed by atoms with van der Waals surface area (Å²) < 4.78 is 0. The van der Waals surface area contributed by atoms with Gasteiger partial charge in [0.15, 0.2) is 5.82 Å². The third kappa shape index (κ3) is 2.62. The van der Waals surface area contributed by atoms with Gasteiger partial charge in [-0.2, -0.15) is 0 Å². The van der Waals surface area contributed by atoms with Crippen LogP contribution in [0.5, 0.6) is 0 Å². The van der Waals surface area contributed by atoms with Gasteiger partial charge in [0, 0.05) is 0 Å². The molecule has 5 nitrogen and oxygen atoms in total. The van der Waals surface area contributed by atoms with Gasteiger partial charge >= 0.3 is 0 Å². The van der Waals surface area contributed by atoms with Gasteiger partial charge in [-0.15, -0.1) is 5.10 Å². The Morgan fingerprint density at radius 1 is 1.46 bits per heavy atom. The van der Waals surface area contributed by atoms with Crippen LogP contribution >= 0.6 is 0 Å². The van der Waals surface area contributed by atoms with Crippen molar-refractivity contribution in [3.05, 3.63) is 23.5 Å². The van der Waals surface area contributed by atoms with E-state index >= 15 is 0 Å². The predicted molar refractivity (Wildman–Crippen MR) is 51.1 cm³/mol. The zero-order chi connectivity index (χ0) is 9.68. The number of allylic oxidation sites excluding steroid dienone is 3. The predicted octanol–water partition coefficient (Wildman–Crippen LogP) is 1.21. The minimum atomic E-state index is 0.521. The summed E-state index contributed by atoms with van der Waals surface area (Å²) in [7, 11) is 0. The fourth-order valence-electron chi connectivity index (χ4n) is 0.720. The molecule has 0 aliphatic carbocycles. The first kappa shape index (κ1) is 9.31. The van der Waals surface area contributed by atoms with E-state index in [9.17, 15) is 0 Å². The first-order valence-corrected chi connectivity index (χ1v) is 3.80. The van der Waals surface area contributed by atoms with Gasteiger partial charge < -0.3 is 0 Å². The standard InChI is InChI=1S/C8H11N5/c1-6(2)4-5-7(9-3)8-10-12-13-11-8/h4-5H,3H2,1-2H3,(H,10,11,12,13)/b7-5-. The minimum Gasteiger partial charge on any atom is -0.261 e. The molecule has 0 atom stereocenters. The third-order valence-electron chi connectivity index (χ3n) is 1.33. The lowest BCUT2D eigenvalue weighted by molar-refractivity contribution is 0.881. The van der Waals surface area contributed by atoms with Crippen molar-refractivity contribution in [2.45, 2.75) is 13.8 Å². The molecule has 0 saturated heterocycles. The maximum absolute atomic E-state index is 3.80. The molecule has 1 aromatic rings. The molecule has 5 heteroatoms. The van der Waals surface area contributed by atoms with Crippen molar-refractivity contribution in [1.82, 2.24) is 20.6 Å². The lowest BCUT2D eigenvalue weighted by Gasteiger charge is -1.91.